The van der Waals surface area contributed by atoms with Crippen molar-refractivity contribution in [1.29, 1.82) is 0 Å². The van der Waals surface area contributed by atoms with Crippen molar-refractivity contribution < 1.29 is 0 Å². The van der Waals surface area contributed by atoms with Crippen LogP contribution in [0.1, 0.15) is 38.8 Å². The van der Waals surface area contributed by atoms with Gasteiger partial charge in [-0.15, -0.1) is 0 Å². The highest BCUT2D eigenvalue weighted by Crippen LogP contribution is 2.26. The van der Waals surface area contributed by atoms with Crippen LogP contribution >= 0.6 is 0 Å². The Morgan fingerprint density at radius 3 is 2.44 bits per heavy atom. The van der Waals surface area contributed by atoms with Gasteiger partial charge in [0.25, 0.3) is 0 Å². The van der Waals surface area contributed by atoms with Crippen molar-refractivity contribution in [3.63, 3.8) is 0 Å². The van der Waals surface area contributed by atoms with Gasteiger partial charge in [0.2, 0.25) is 0 Å². The van der Waals surface area contributed by atoms with Crippen LogP contribution in [0.4, 0.5) is 5.82 Å². The van der Waals surface area contributed by atoms with Gasteiger partial charge in [-0.2, -0.15) is 5.10 Å². The maximum absolute atomic E-state index is 4.48. The monoisotopic (exact) mass is 219 g/mol. The molecule has 1 aromatic heterocycles. The van der Waals surface area contributed by atoms with E-state index in [1.165, 1.54) is 5.56 Å². The second-order valence-electron chi connectivity index (χ2n) is 4.97. The normalized spacial score (nSPS) is 11.3. The van der Waals surface area contributed by atoms with Gasteiger partial charge in [0.15, 0.2) is 5.82 Å². The molecule has 0 spiro atoms. The van der Waals surface area contributed by atoms with E-state index < -0.39 is 0 Å². The summed E-state index contributed by atoms with van der Waals surface area (Å²) in [6.07, 6.45) is 1.93. The summed E-state index contributed by atoms with van der Waals surface area (Å²) in [5.41, 5.74) is 2.52. The van der Waals surface area contributed by atoms with Gasteiger partial charge >= 0.3 is 0 Å². The smallest absolute Gasteiger partial charge is 0.151 e. The standard InChI is InChI=1S/C13H21N3/c1-7-16(14-6)12-10(2)8-11(9-15-12)13(3,4)5/h8-9H,6-7H2,1-5H3. The Morgan fingerprint density at radius 2 is 2.06 bits per heavy atom. The lowest BCUT2D eigenvalue weighted by molar-refractivity contribution is 0.586. The average Bonchev–Trinajstić information content (AvgIpc) is 2.20. The van der Waals surface area contributed by atoms with Crippen LogP contribution in [0.15, 0.2) is 17.4 Å². The maximum atomic E-state index is 4.48. The zero-order valence-electron chi connectivity index (χ0n) is 10.9. The molecule has 0 fully saturated rings. The summed E-state index contributed by atoms with van der Waals surface area (Å²) in [5.74, 6) is 0.894. The first-order chi connectivity index (χ1) is 7.40. The van der Waals surface area contributed by atoms with E-state index in [1.807, 2.05) is 18.1 Å². The molecule has 0 radical (unpaired) electrons. The number of anilines is 1. The molecule has 0 atom stereocenters. The second kappa shape index (κ2) is 4.64. The van der Waals surface area contributed by atoms with E-state index in [0.717, 1.165) is 17.9 Å². The van der Waals surface area contributed by atoms with Gasteiger partial charge in [0.05, 0.1) is 0 Å². The largest absolute Gasteiger partial charge is 0.249 e. The van der Waals surface area contributed by atoms with E-state index in [0.29, 0.717) is 0 Å². The number of aromatic nitrogens is 1. The van der Waals surface area contributed by atoms with E-state index in [9.17, 15) is 0 Å². The van der Waals surface area contributed by atoms with Gasteiger partial charge < -0.3 is 0 Å². The quantitative estimate of drug-likeness (QED) is 0.577. The molecule has 0 bridgehead atoms. The van der Waals surface area contributed by atoms with E-state index in [2.05, 4.69) is 50.6 Å². The molecule has 0 saturated carbocycles. The highest BCUT2D eigenvalue weighted by Gasteiger charge is 2.16. The predicted molar refractivity (Wildman–Crippen MR) is 70.2 cm³/mol. The number of hydrogen-bond acceptors (Lipinski definition) is 3. The van der Waals surface area contributed by atoms with Crippen LogP contribution in [-0.4, -0.2) is 18.2 Å². The molecule has 0 aliphatic carbocycles. The van der Waals surface area contributed by atoms with Crippen LogP contribution in [0, 0.1) is 6.92 Å². The van der Waals surface area contributed by atoms with Crippen LogP contribution in [0.5, 0.6) is 0 Å². The third kappa shape index (κ3) is 2.60. The van der Waals surface area contributed by atoms with Gasteiger partial charge in [-0.3, -0.25) is 0 Å². The van der Waals surface area contributed by atoms with E-state index in [-0.39, 0.29) is 5.41 Å². The number of nitrogens with zero attached hydrogens (tertiary/aromatic N) is 3. The molecule has 1 rings (SSSR count). The number of hydrogen-bond donors (Lipinski definition) is 0. The molecular formula is C13H21N3. The van der Waals surface area contributed by atoms with Gasteiger partial charge in [-0.25, -0.2) is 9.99 Å². The van der Waals surface area contributed by atoms with Gasteiger partial charge in [-0.05, 0) is 30.4 Å². The zero-order chi connectivity index (χ0) is 12.3. The van der Waals surface area contributed by atoms with Crippen LogP contribution in [0.3, 0.4) is 0 Å². The number of rotatable bonds is 3. The molecule has 0 saturated heterocycles. The van der Waals surface area contributed by atoms with Crippen molar-refractivity contribution in [1.82, 2.24) is 4.98 Å². The van der Waals surface area contributed by atoms with Crippen molar-refractivity contribution in [2.75, 3.05) is 11.6 Å². The first-order valence-electron chi connectivity index (χ1n) is 5.61. The minimum Gasteiger partial charge on any atom is -0.249 e. The Labute approximate surface area is 98.2 Å². The average molecular weight is 219 g/mol. The van der Waals surface area contributed by atoms with E-state index in [4.69, 9.17) is 0 Å². The molecule has 0 unspecified atom stereocenters. The lowest BCUT2D eigenvalue weighted by Gasteiger charge is -2.22. The molecule has 0 amide bonds. The molecule has 3 nitrogen and oxygen atoms in total. The summed E-state index contributed by atoms with van der Waals surface area (Å²) >= 11 is 0. The number of aryl methyl sites for hydroxylation is 1. The predicted octanol–water partition coefficient (Wildman–Crippen LogP) is 3.13. The molecule has 1 aromatic rings. The molecular weight excluding hydrogens is 198 g/mol. The van der Waals surface area contributed by atoms with Crippen LogP contribution in [0.2, 0.25) is 0 Å². The maximum Gasteiger partial charge on any atom is 0.151 e. The summed E-state index contributed by atoms with van der Waals surface area (Å²) < 4.78 is 0. The highest BCUT2D eigenvalue weighted by molar-refractivity contribution is 5.49. The second-order valence-corrected chi connectivity index (χ2v) is 4.97. The fourth-order valence-electron chi connectivity index (χ4n) is 1.56. The van der Waals surface area contributed by atoms with Crippen molar-refractivity contribution in [2.45, 2.75) is 40.0 Å². The Bertz CT molecular complexity index is 377. The Morgan fingerprint density at radius 1 is 1.44 bits per heavy atom. The fourth-order valence-corrected chi connectivity index (χ4v) is 1.56. The summed E-state index contributed by atoms with van der Waals surface area (Å²) in [6, 6.07) is 2.18. The lowest BCUT2D eigenvalue weighted by atomic mass is 9.87. The summed E-state index contributed by atoms with van der Waals surface area (Å²) in [7, 11) is 0. The third-order valence-corrected chi connectivity index (χ3v) is 2.63. The molecule has 0 aliphatic rings. The van der Waals surface area contributed by atoms with Crippen LogP contribution < -0.4 is 5.01 Å². The van der Waals surface area contributed by atoms with Crippen molar-refractivity contribution >= 4 is 12.5 Å². The topological polar surface area (TPSA) is 28.5 Å². The summed E-state index contributed by atoms with van der Waals surface area (Å²) in [6.45, 7) is 15.0. The summed E-state index contributed by atoms with van der Waals surface area (Å²) in [5, 5.41) is 5.76. The minimum absolute atomic E-state index is 0.134. The third-order valence-electron chi connectivity index (χ3n) is 2.63. The van der Waals surface area contributed by atoms with Crippen molar-refractivity contribution in [3.8, 4) is 0 Å². The SMILES string of the molecule is C=NN(CC)c1ncc(C(C)(C)C)cc1C. The Hall–Kier alpha value is -1.38. The molecule has 0 N–H and O–H groups in total. The Kier molecular flexibility index (Phi) is 3.68. The van der Waals surface area contributed by atoms with Gasteiger partial charge in [0.1, 0.15) is 0 Å². The van der Waals surface area contributed by atoms with E-state index in [1.54, 1.807) is 0 Å². The van der Waals surface area contributed by atoms with E-state index >= 15 is 0 Å². The van der Waals surface area contributed by atoms with Gasteiger partial charge in [-0.1, -0.05) is 26.8 Å². The minimum atomic E-state index is 0.134. The van der Waals surface area contributed by atoms with Crippen LogP contribution in [-0.2, 0) is 5.41 Å². The molecule has 16 heavy (non-hydrogen) atoms. The molecule has 88 valence electrons. The summed E-state index contributed by atoms with van der Waals surface area (Å²) in [4.78, 5) is 4.48. The van der Waals surface area contributed by atoms with Crippen LogP contribution in [0.25, 0.3) is 0 Å². The van der Waals surface area contributed by atoms with Crippen molar-refractivity contribution in [2.24, 2.45) is 5.10 Å². The molecule has 3 heteroatoms. The lowest BCUT2D eigenvalue weighted by Crippen LogP contribution is -2.19. The molecule has 1 heterocycles. The zero-order valence-corrected chi connectivity index (χ0v) is 10.9. The first-order valence-corrected chi connectivity index (χ1v) is 5.61. The highest BCUT2D eigenvalue weighted by atomic mass is 15.5. The molecule has 0 aromatic carbocycles. The van der Waals surface area contributed by atoms with Gasteiger partial charge in [0, 0.05) is 19.5 Å². The number of hydrazone groups is 1. The fraction of sp³-hybridized carbons (Fsp3) is 0.538. The van der Waals surface area contributed by atoms with Crippen molar-refractivity contribution in [3.05, 3.63) is 23.4 Å². The Balaban J connectivity index is 3.14. The number of pyridine rings is 1. The molecule has 0 aliphatic heterocycles. The first kappa shape index (κ1) is 12.7.